The Morgan fingerprint density at radius 3 is 2.38 bits per heavy atom. The molecule has 0 unspecified atom stereocenters. The molecule has 0 aromatic heterocycles. The highest BCUT2D eigenvalue weighted by atomic mass is 19.1. The van der Waals surface area contributed by atoms with Crippen LogP contribution in [0.3, 0.4) is 0 Å². The molecule has 0 radical (unpaired) electrons. The van der Waals surface area contributed by atoms with E-state index in [1.165, 1.54) is 19.1 Å². The SMILES string of the molecule is C.CC(=O)C1=C(c2ccc(F)cc2)Cc2cc(NCCCF)c(-c3cccc(C(=O)NC(C)(C)C#N)c3)cc21. The van der Waals surface area contributed by atoms with E-state index in [0.717, 1.165) is 39.1 Å². The molecular formula is C32H33F2N3O2. The van der Waals surface area contributed by atoms with Crippen molar-refractivity contribution in [3.8, 4) is 17.2 Å². The molecule has 0 heterocycles. The summed E-state index contributed by atoms with van der Waals surface area (Å²) in [6.45, 7) is 4.72. The Morgan fingerprint density at radius 2 is 1.74 bits per heavy atom. The maximum absolute atomic E-state index is 13.6. The topological polar surface area (TPSA) is 82.0 Å². The Hall–Kier alpha value is -4.31. The lowest BCUT2D eigenvalue weighted by Crippen LogP contribution is -2.42. The maximum atomic E-state index is 13.6. The molecule has 0 spiro atoms. The van der Waals surface area contributed by atoms with Gasteiger partial charge in [-0.05, 0) is 97.8 Å². The minimum atomic E-state index is -1.03. The van der Waals surface area contributed by atoms with E-state index in [1.807, 2.05) is 18.2 Å². The maximum Gasteiger partial charge on any atom is 0.252 e. The van der Waals surface area contributed by atoms with Crippen LogP contribution in [0.4, 0.5) is 14.5 Å². The van der Waals surface area contributed by atoms with Crippen molar-refractivity contribution >= 4 is 28.5 Å². The van der Waals surface area contributed by atoms with Crippen LogP contribution in [-0.4, -0.2) is 30.4 Å². The highest BCUT2D eigenvalue weighted by molar-refractivity contribution is 6.29. The minimum Gasteiger partial charge on any atom is -0.384 e. The molecule has 1 aliphatic rings. The molecule has 0 saturated heterocycles. The number of carbonyl (C=O) groups is 2. The van der Waals surface area contributed by atoms with E-state index >= 15 is 0 Å². The number of halogens is 2. The zero-order valence-electron chi connectivity index (χ0n) is 21.6. The first-order valence-electron chi connectivity index (χ1n) is 12.4. The van der Waals surface area contributed by atoms with E-state index in [4.69, 9.17) is 0 Å². The number of ketones is 1. The summed E-state index contributed by atoms with van der Waals surface area (Å²) in [5, 5.41) is 15.3. The highest BCUT2D eigenvalue weighted by Crippen LogP contribution is 2.43. The molecule has 0 aliphatic heterocycles. The average molecular weight is 530 g/mol. The molecule has 1 amide bonds. The number of Topliss-reactive ketones (excluding diaryl/α,β-unsaturated/α-hetero) is 1. The molecule has 0 bridgehead atoms. The van der Waals surface area contributed by atoms with Crippen LogP contribution in [0.2, 0.25) is 0 Å². The number of allylic oxidation sites excluding steroid dienone is 2. The zero-order chi connectivity index (χ0) is 27.4. The summed E-state index contributed by atoms with van der Waals surface area (Å²) >= 11 is 0. The Morgan fingerprint density at radius 1 is 1.03 bits per heavy atom. The molecular weight excluding hydrogens is 496 g/mol. The van der Waals surface area contributed by atoms with Crippen LogP contribution >= 0.6 is 0 Å². The summed E-state index contributed by atoms with van der Waals surface area (Å²) < 4.78 is 26.4. The van der Waals surface area contributed by atoms with E-state index in [2.05, 4.69) is 16.7 Å². The second kappa shape index (κ2) is 12.0. The van der Waals surface area contributed by atoms with Crippen LogP contribution in [0.25, 0.3) is 22.3 Å². The predicted octanol–water partition coefficient (Wildman–Crippen LogP) is 6.99. The zero-order valence-corrected chi connectivity index (χ0v) is 21.6. The van der Waals surface area contributed by atoms with Gasteiger partial charge in [0.25, 0.3) is 5.91 Å². The van der Waals surface area contributed by atoms with Gasteiger partial charge in [0.15, 0.2) is 5.78 Å². The van der Waals surface area contributed by atoms with Gasteiger partial charge in [-0.15, -0.1) is 0 Å². The van der Waals surface area contributed by atoms with Crippen molar-refractivity contribution in [1.82, 2.24) is 5.32 Å². The van der Waals surface area contributed by atoms with Gasteiger partial charge in [0.05, 0.1) is 12.7 Å². The van der Waals surface area contributed by atoms with Gasteiger partial charge in [-0.25, -0.2) is 4.39 Å². The number of nitriles is 1. The number of amides is 1. The van der Waals surface area contributed by atoms with Gasteiger partial charge in [-0.1, -0.05) is 31.7 Å². The molecule has 0 fully saturated rings. The molecule has 5 nitrogen and oxygen atoms in total. The van der Waals surface area contributed by atoms with Gasteiger partial charge >= 0.3 is 0 Å². The van der Waals surface area contributed by atoms with E-state index in [9.17, 15) is 23.6 Å². The van der Waals surface area contributed by atoms with E-state index in [0.29, 0.717) is 30.5 Å². The number of benzene rings is 3. The number of carbonyl (C=O) groups excluding carboxylic acids is 2. The fourth-order valence-electron chi connectivity index (χ4n) is 4.65. The minimum absolute atomic E-state index is 0. The number of nitrogens with zero attached hydrogens (tertiary/aromatic N) is 1. The fourth-order valence-corrected chi connectivity index (χ4v) is 4.65. The lowest BCUT2D eigenvalue weighted by molar-refractivity contribution is -0.111. The van der Waals surface area contributed by atoms with Crippen LogP contribution in [0, 0.1) is 17.1 Å². The molecule has 202 valence electrons. The van der Waals surface area contributed by atoms with Crippen LogP contribution < -0.4 is 10.6 Å². The van der Waals surface area contributed by atoms with Gasteiger partial charge in [0.1, 0.15) is 11.4 Å². The number of hydrogen-bond acceptors (Lipinski definition) is 4. The van der Waals surface area contributed by atoms with Crippen LogP contribution in [0.1, 0.15) is 61.7 Å². The third-order valence-corrected chi connectivity index (χ3v) is 6.49. The lowest BCUT2D eigenvalue weighted by atomic mass is 9.93. The third kappa shape index (κ3) is 6.40. The molecule has 3 aromatic rings. The van der Waals surface area contributed by atoms with Gasteiger partial charge < -0.3 is 10.6 Å². The normalized spacial score (nSPS) is 12.3. The predicted molar refractivity (Wildman–Crippen MR) is 152 cm³/mol. The number of rotatable bonds is 9. The van der Waals surface area contributed by atoms with Crippen molar-refractivity contribution in [3.05, 3.63) is 88.7 Å². The Labute approximate surface area is 228 Å². The molecule has 4 rings (SSSR count). The average Bonchev–Trinajstić information content (AvgIpc) is 3.27. The number of alkyl halides is 1. The van der Waals surface area contributed by atoms with Crippen molar-refractivity contribution in [2.24, 2.45) is 0 Å². The number of anilines is 1. The molecule has 7 heteroatoms. The molecule has 3 aromatic carbocycles. The van der Waals surface area contributed by atoms with Gasteiger partial charge in [-0.2, -0.15) is 5.26 Å². The van der Waals surface area contributed by atoms with Gasteiger partial charge in [0, 0.05) is 28.9 Å². The summed E-state index contributed by atoms with van der Waals surface area (Å²) in [6, 6.07) is 19.1. The Kier molecular flexibility index (Phi) is 9.03. The van der Waals surface area contributed by atoms with Crippen LogP contribution in [-0.2, 0) is 11.2 Å². The summed E-state index contributed by atoms with van der Waals surface area (Å²) in [7, 11) is 0. The van der Waals surface area contributed by atoms with Gasteiger partial charge in [-0.3, -0.25) is 14.0 Å². The molecule has 39 heavy (non-hydrogen) atoms. The molecule has 0 atom stereocenters. The van der Waals surface area contributed by atoms with Crippen molar-refractivity contribution < 1.29 is 18.4 Å². The van der Waals surface area contributed by atoms with Crippen LogP contribution in [0.15, 0.2) is 60.7 Å². The highest BCUT2D eigenvalue weighted by Gasteiger charge is 2.28. The number of nitrogens with one attached hydrogen (secondary N) is 2. The Bertz CT molecular complexity index is 1470. The van der Waals surface area contributed by atoms with Crippen molar-refractivity contribution in [2.45, 2.75) is 46.6 Å². The summed E-state index contributed by atoms with van der Waals surface area (Å²) in [6.07, 6.45) is 0.833. The number of fused-ring (bicyclic) bond motifs is 1. The molecule has 0 saturated carbocycles. The first-order valence-corrected chi connectivity index (χ1v) is 12.4. The first-order chi connectivity index (χ1) is 18.1. The fraction of sp³-hybridized carbons (Fsp3) is 0.281. The monoisotopic (exact) mass is 529 g/mol. The van der Waals surface area contributed by atoms with Crippen molar-refractivity contribution in [3.63, 3.8) is 0 Å². The largest absolute Gasteiger partial charge is 0.384 e. The van der Waals surface area contributed by atoms with Crippen LogP contribution in [0.5, 0.6) is 0 Å². The smallest absolute Gasteiger partial charge is 0.252 e. The summed E-state index contributed by atoms with van der Waals surface area (Å²) in [4.78, 5) is 25.7. The van der Waals surface area contributed by atoms with E-state index in [-0.39, 0.29) is 24.9 Å². The summed E-state index contributed by atoms with van der Waals surface area (Å²) in [5.41, 5.74) is 5.50. The quantitative estimate of drug-likeness (QED) is 0.293. The molecule has 1 aliphatic carbocycles. The second-order valence-electron chi connectivity index (χ2n) is 9.89. The summed E-state index contributed by atoms with van der Waals surface area (Å²) in [5.74, 6) is -0.827. The number of hydrogen-bond donors (Lipinski definition) is 2. The third-order valence-electron chi connectivity index (χ3n) is 6.49. The van der Waals surface area contributed by atoms with E-state index < -0.39 is 12.2 Å². The second-order valence-corrected chi connectivity index (χ2v) is 9.89. The van der Waals surface area contributed by atoms with Gasteiger partial charge in [0.2, 0.25) is 0 Å². The van der Waals surface area contributed by atoms with Crippen molar-refractivity contribution in [2.75, 3.05) is 18.5 Å². The standard InChI is InChI=1S/C31H29F2N3O2.CH4/c1-19(37)29-26(20-8-10-24(33)11-9-20)15-23-16-28(35-13-5-12-32)25(17-27(23)29)21-6-4-7-22(14-21)30(38)36-31(2,3)18-34;/h4,6-11,14,16-17,35H,5,12-13,15H2,1-3H3,(H,36,38);1H4. The Balaban J connectivity index is 0.00000420. The molecule has 2 N–H and O–H groups in total. The van der Waals surface area contributed by atoms with Crippen molar-refractivity contribution in [1.29, 1.82) is 5.26 Å². The lowest BCUT2D eigenvalue weighted by Gasteiger charge is -2.19. The van der Waals surface area contributed by atoms with E-state index in [1.54, 1.807) is 44.2 Å². The first kappa shape index (κ1) is 29.2.